The predicted octanol–water partition coefficient (Wildman–Crippen LogP) is 3.36. The van der Waals surface area contributed by atoms with Gasteiger partial charge >= 0.3 is 6.09 Å². The van der Waals surface area contributed by atoms with E-state index < -0.39 is 6.09 Å². The van der Waals surface area contributed by atoms with Crippen LogP contribution in [-0.4, -0.2) is 54.9 Å². The smallest absolute Gasteiger partial charge is 0.411 e. The Morgan fingerprint density at radius 1 is 0.857 bits per heavy atom. The van der Waals surface area contributed by atoms with E-state index in [2.05, 4.69) is 24.7 Å². The van der Waals surface area contributed by atoms with Gasteiger partial charge in [-0.15, -0.1) is 0 Å². The minimum Gasteiger partial charge on any atom is -1.00 e. The van der Waals surface area contributed by atoms with Crippen LogP contribution in [0.4, 0.5) is 16.2 Å². The van der Waals surface area contributed by atoms with Gasteiger partial charge in [0.2, 0.25) is 5.91 Å². The van der Waals surface area contributed by atoms with E-state index in [0.29, 0.717) is 18.5 Å². The molecule has 1 saturated heterocycles. The van der Waals surface area contributed by atoms with Gasteiger partial charge in [0, 0.05) is 30.5 Å². The molecule has 4 aromatic carbocycles. The maximum atomic E-state index is 12.9. The normalized spacial score (nSPS) is 14.5. The predicted molar refractivity (Wildman–Crippen MR) is 164 cm³/mol. The van der Waals surface area contributed by atoms with Crippen molar-refractivity contribution >= 4 is 34.1 Å². The molecule has 4 aromatic rings. The number of hydrogen-bond donors (Lipinski definition) is 3. The summed E-state index contributed by atoms with van der Waals surface area (Å²) in [6.45, 7) is 1.96. The number of halogens is 1. The van der Waals surface area contributed by atoms with Crippen LogP contribution in [0.25, 0.3) is 21.9 Å². The Bertz CT molecular complexity index is 1530. The third kappa shape index (κ3) is 8.30. The summed E-state index contributed by atoms with van der Waals surface area (Å²) in [5.41, 5.74) is 5.09. The molecule has 2 amide bonds. The monoisotopic (exact) mass is 679 g/mol. The second-order valence-corrected chi connectivity index (χ2v) is 11.5. The number of fused-ring (bicyclic) bond motifs is 1. The van der Waals surface area contributed by atoms with Crippen LogP contribution in [0.1, 0.15) is 30.4 Å². The number of carbonyl (C=O) groups is 2. The van der Waals surface area contributed by atoms with E-state index in [1.807, 2.05) is 84.9 Å². The summed E-state index contributed by atoms with van der Waals surface area (Å²) in [4.78, 5) is 25.7. The molecule has 0 atom stereocenters. The first-order valence-electron chi connectivity index (χ1n) is 14.2. The molecule has 0 aromatic heterocycles. The van der Waals surface area contributed by atoms with E-state index >= 15 is 0 Å². The van der Waals surface area contributed by atoms with Crippen LogP contribution in [0.2, 0.25) is 0 Å². The number of aliphatic hydroxyl groups is 1. The van der Waals surface area contributed by atoms with Crippen molar-refractivity contribution in [2.45, 2.75) is 38.4 Å². The number of amides is 2. The molecule has 42 heavy (non-hydrogen) atoms. The lowest BCUT2D eigenvalue weighted by Crippen LogP contribution is -3.00. The van der Waals surface area contributed by atoms with Crippen LogP contribution >= 0.6 is 0 Å². The van der Waals surface area contributed by atoms with Gasteiger partial charge in [-0.2, -0.15) is 0 Å². The highest BCUT2D eigenvalue weighted by atomic mass is 127. The lowest BCUT2D eigenvalue weighted by atomic mass is 9.99. The van der Waals surface area contributed by atoms with Gasteiger partial charge in [-0.3, -0.25) is 10.1 Å². The number of rotatable bonds is 8. The zero-order valence-corrected chi connectivity index (χ0v) is 26.3. The zero-order chi connectivity index (χ0) is 28.8. The SMILES string of the molecule is C[N+]1(C)CCC(OC(=O)Nc2cc(CCC(=O)Nc3ccc4cc(CO)ccc4c3)ccc2-c2ccccc2)CC1.[I-]. The van der Waals surface area contributed by atoms with Crippen molar-refractivity contribution < 1.29 is 47.9 Å². The molecular formula is C34H38IN3O4. The average Bonchev–Trinajstić information content (AvgIpc) is 2.97. The van der Waals surface area contributed by atoms with E-state index in [1.54, 1.807) is 0 Å². The Balaban J connectivity index is 0.00000405. The van der Waals surface area contributed by atoms with Crippen molar-refractivity contribution in [3.05, 3.63) is 96.1 Å². The van der Waals surface area contributed by atoms with Gasteiger partial charge in [0.1, 0.15) is 6.10 Å². The average molecular weight is 680 g/mol. The van der Waals surface area contributed by atoms with Gasteiger partial charge < -0.3 is 43.6 Å². The molecule has 1 aliphatic heterocycles. The summed E-state index contributed by atoms with van der Waals surface area (Å²) >= 11 is 0. The number of aryl methyl sites for hydroxylation is 1. The summed E-state index contributed by atoms with van der Waals surface area (Å²) < 4.78 is 6.74. The first kappa shape index (κ1) is 31.5. The Morgan fingerprint density at radius 2 is 1.55 bits per heavy atom. The third-order valence-electron chi connectivity index (χ3n) is 7.80. The fraction of sp³-hybridized carbons (Fsp3) is 0.294. The Labute approximate surface area is 264 Å². The van der Waals surface area contributed by atoms with Crippen molar-refractivity contribution in [3.63, 3.8) is 0 Å². The number of aliphatic hydroxyl groups excluding tert-OH is 1. The van der Waals surface area contributed by atoms with Crippen molar-refractivity contribution in [2.24, 2.45) is 0 Å². The number of benzene rings is 4. The minimum atomic E-state index is -0.448. The number of ether oxygens (including phenoxy) is 1. The molecule has 0 saturated carbocycles. The summed E-state index contributed by atoms with van der Waals surface area (Å²) in [5.74, 6) is -0.0870. The van der Waals surface area contributed by atoms with Crippen LogP contribution in [0.3, 0.4) is 0 Å². The summed E-state index contributed by atoms with van der Waals surface area (Å²) in [6, 6.07) is 27.4. The van der Waals surface area contributed by atoms with Gasteiger partial charge in [-0.25, -0.2) is 4.79 Å². The van der Waals surface area contributed by atoms with Crippen LogP contribution < -0.4 is 34.6 Å². The van der Waals surface area contributed by atoms with E-state index in [4.69, 9.17) is 4.74 Å². The Kier molecular flexibility index (Phi) is 10.6. The van der Waals surface area contributed by atoms with E-state index in [9.17, 15) is 14.7 Å². The highest BCUT2D eigenvalue weighted by molar-refractivity contribution is 5.95. The fourth-order valence-electron chi connectivity index (χ4n) is 5.32. The maximum Gasteiger partial charge on any atom is 0.411 e. The summed E-state index contributed by atoms with van der Waals surface area (Å²) in [5, 5.41) is 17.3. The molecule has 0 unspecified atom stereocenters. The molecular weight excluding hydrogens is 641 g/mol. The standard InChI is InChI=1S/C34H37N3O4.HI/c1-37(2)18-16-30(17-19-37)41-34(40)36-32-21-24(9-14-31(32)26-6-4-3-5-7-26)10-15-33(39)35-29-13-12-27-20-25(23-38)8-11-28(27)22-29;/h3-9,11-14,20-22,30,38H,10,15-19,23H2,1-2H3,(H-,35,36,39,40);1H. The second kappa shape index (κ2) is 14.1. The van der Waals surface area contributed by atoms with Gasteiger partial charge in [-0.1, -0.05) is 60.7 Å². The molecule has 220 valence electrons. The van der Waals surface area contributed by atoms with Crippen LogP contribution in [0.5, 0.6) is 0 Å². The van der Waals surface area contributed by atoms with Crippen LogP contribution in [0.15, 0.2) is 84.9 Å². The number of nitrogens with zero attached hydrogens (tertiary/aromatic N) is 1. The fourth-order valence-corrected chi connectivity index (χ4v) is 5.32. The molecule has 0 bridgehead atoms. The third-order valence-corrected chi connectivity index (χ3v) is 7.80. The topological polar surface area (TPSA) is 87.7 Å². The van der Waals surface area contributed by atoms with Crippen molar-refractivity contribution in [1.82, 2.24) is 0 Å². The lowest BCUT2D eigenvalue weighted by Gasteiger charge is -2.36. The van der Waals surface area contributed by atoms with Gasteiger partial charge in [0.25, 0.3) is 0 Å². The van der Waals surface area contributed by atoms with Crippen LogP contribution in [0, 0.1) is 0 Å². The van der Waals surface area contributed by atoms with Gasteiger partial charge in [0.05, 0.1) is 39.5 Å². The molecule has 1 fully saturated rings. The van der Waals surface area contributed by atoms with E-state index in [0.717, 1.165) is 69.1 Å². The zero-order valence-electron chi connectivity index (χ0n) is 24.1. The van der Waals surface area contributed by atoms with Gasteiger partial charge in [0.15, 0.2) is 0 Å². The van der Waals surface area contributed by atoms with Crippen molar-refractivity contribution in [3.8, 4) is 11.1 Å². The first-order valence-corrected chi connectivity index (χ1v) is 14.2. The van der Waals surface area contributed by atoms with Gasteiger partial charge in [-0.05, 0) is 58.1 Å². The van der Waals surface area contributed by atoms with Crippen molar-refractivity contribution in [1.29, 1.82) is 0 Å². The quantitative estimate of drug-likeness (QED) is 0.197. The molecule has 0 aliphatic carbocycles. The molecule has 7 nitrogen and oxygen atoms in total. The van der Waals surface area contributed by atoms with E-state index in [-0.39, 0.29) is 42.6 Å². The summed E-state index contributed by atoms with van der Waals surface area (Å²) in [6.07, 6.45) is 1.99. The number of nitrogens with one attached hydrogen (secondary N) is 2. The lowest BCUT2D eigenvalue weighted by molar-refractivity contribution is -0.896. The number of quaternary nitrogens is 1. The summed E-state index contributed by atoms with van der Waals surface area (Å²) in [7, 11) is 4.40. The molecule has 0 radical (unpaired) electrons. The number of anilines is 2. The number of piperidine rings is 1. The molecule has 1 heterocycles. The largest absolute Gasteiger partial charge is 1.00 e. The van der Waals surface area contributed by atoms with Crippen molar-refractivity contribution in [2.75, 3.05) is 37.8 Å². The first-order chi connectivity index (χ1) is 19.8. The molecule has 5 rings (SSSR count). The Morgan fingerprint density at radius 3 is 2.29 bits per heavy atom. The highest BCUT2D eigenvalue weighted by Gasteiger charge is 2.28. The molecule has 0 spiro atoms. The number of likely N-dealkylation sites (tertiary alicyclic amines) is 1. The minimum absolute atomic E-state index is 0. The van der Waals surface area contributed by atoms with Crippen LogP contribution in [-0.2, 0) is 22.6 Å². The number of carbonyl (C=O) groups excluding carboxylic acids is 2. The Hall–Kier alpha value is -3.47. The molecule has 8 heteroatoms. The molecule has 1 aliphatic rings. The van der Waals surface area contributed by atoms with E-state index in [1.165, 1.54) is 0 Å². The maximum absolute atomic E-state index is 12.9. The number of hydrogen-bond acceptors (Lipinski definition) is 4. The molecule has 3 N–H and O–H groups in total. The second-order valence-electron chi connectivity index (χ2n) is 11.5. The highest BCUT2D eigenvalue weighted by Crippen LogP contribution is 2.30.